The molecular formula is C22H26Cl2N2O2. The molecular weight excluding hydrogens is 395 g/mol. The van der Waals surface area contributed by atoms with Crippen molar-refractivity contribution in [3.8, 4) is 0 Å². The summed E-state index contributed by atoms with van der Waals surface area (Å²) in [7, 11) is 0. The first-order chi connectivity index (χ1) is 13.5. The normalized spacial score (nSPS) is 25.9. The number of anilines is 1. The van der Waals surface area contributed by atoms with E-state index < -0.39 is 0 Å². The highest BCUT2D eigenvalue weighted by molar-refractivity contribution is 6.26. The fourth-order valence-electron chi connectivity index (χ4n) is 4.71. The molecule has 28 heavy (non-hydrogen) atoms. The lowest BCUT2D eigenvalue weighted by molar-refractivity contribution is -0.119. The summed E-state index contributed by atoms with van der Waals surface area (Å²) in [5.74, 6) is -0.194. The van der Waals surface area contributed by atoms with Crippen molar-refractivity contribution in [1.29, 1.82) is 0 Å². The van der Waals surface area contributed by atoms with E-state index in [2.05, 4.69) is 5.32 Å². The number of amides is 1. The van der Waals surface area contributed by atoms with Crippen LogP contribution >= 0.6 is 23.2 Å². The van der Waals surface area contributed by atoms with Gasteiger partial charge in [-0.15, -0.1) is 23.2 Å². The quantitative estimate of drug-likeness (QED) is 0.643. The highest BCUT2D eigenvalue weighted by Crippen LogP contribution is 2.35. The lowest BCUT2D eigenvalue weighted by Gasteiger charge is -2.30. The average Bonchev–Trinajstić information content (AvgIpc) is 3.28. The fraction of sp³-hybridized carbons (Fsp3) is 0.545. The van der Waals surface area contributed by atoms with Crippen LogP contribution in [0.15, 0.2) is 24.3 Å². The second-order valence-electron chi connectivity index (χ2n) is 8.19. The van der Waals surface area contributed by atoms with Crippen molar-refractivity contribution in [3.05, 3.63) is 30.0 Å². The number of nitrogens with zero attached hydrogens (tertiary/aromatic N) is 1. The minimum atomic E-state index is -0.381. The third kappa shape index (κ3) is 3.69. The number of aromatic nitrogens is 1. The number of carbonyl (C=O) groups is 2. The van der Waals surface area contributed by atoms with Gasteiger partial charge in [0.1, 0.15) is 0 Å². The van der Waals surface area contributed by atoms with Crippen LogP contribution < -0.4 is 5.32 Å². The fourth-order valence-corrected chi connectivity index (χ4v) is 5.66. The van der Waals surface area contributed by atoms with E-state index in [9.17, 15) is 9.59 Å². The van der Waals surface area contributed by atoms with Gasteiger partial charge in [-0.25, -0.2) is 0 Å². The molecule has 0 saturated heterocycles. The summed E-state index contributed by atoms with van der Waals surface area (Å²) in [6, 6.07) is 7.69. The number of hydrogen-bond donors (Lipinski definition) is 1. The molecule has 1 N–H and O–H groups in total. The molecule has 2 unspecified atom stereocenters. The Morgan fingerprint density at radius 2 is 1.68 bits per heavy atom. The van der Waals surface area contributed by atoms with Crippen molar-refractivity contribution in [3.63, 3.8) is 0 Å². The van der Waals surface area contributed by atoms with Crippen LogP contribution in [0.1, 0.15) is 55.4 Å². The molecule has 2 aliphatic carbocycles. The molecule has 1 aromatic carbocycles. The van der Waals surface area contributed by atoms with Gasteiger partial charge in [0.15, 0.2) is 0 Å². The minimum absolute atomic E-state index is 0.0325. The Hall–Kier alpha value is -1.52. The van der Waals surface area contributed by atoms with E-state index in [1.54, 1.807) is 4.57 Å². The smallest absolute Gasteiger partial charge is 0.237 e. The van der Waals surface area contributed by atoms with Crippen LogP contribution in [0.25, 0.3) is 10.9 Å². The summed E-state index contributed by atoms with van der Waals surface area (Å²) >= 11 is 12.9. The van der Waals surface area contributed by atoms with Gasteiger partial charge >= 0.3 is 0 Å². The molecule has 4 rings (SSSR count). The van der Waals surface area contributed by atoms with Gasteiger partial charge in [-0.1, -0.05) is 19.3 Å². The predicted molar refractivity (Wildman–Crippen MR) is 115 cm³/mol. The van der Waals surface area contributed by atoms with Crippen molar-refractivity contribution >= 4 is 51.6 Å². The second kappa shape index (κ2) is 8.08. The van der Waals surface area contributed by atoms with Gasteiger partial charge in [0, 0.05) is 33.4 Å². The predicted octanol–water partition coefficient (Wildman–Crippen LogP) is 5.73. The van der Waals surface area contributed by atoms with Gasteiger partial charge in [0.2, 0.25) is 11.8 Å². The zero-order chi connectivity index (χ0) is 19.8. The third-order valence-corrected chi connectivity index (χ3v) is 7.20. The molecule has 2 fully saturated rings. The largest absolute Gasteiger partial charge is 0.326 e. The zero-order valence-electron chi connectivity index (χ0n) is 16.1. The molecule has 0 aliphatic heterocycles. The number of rotatable bonds is 3. The Morgan fingerprint density at radius 3 is 2.36 bits per heavy atom. The summed E-state index contributed by atoms with van der Waals surface area (Å²) in [4.78, 5) is 25.7. The van der Waals surface area contributed by atoms with E-state index in [-0.39, 0.29) is 34.4 Å². The summed E-state index contributed by atoms with van der Waals surface area (Å²) < 4.78 is 1.73. The average molecular weight is 421 g/mol. The van der Waals surface area contributed by atoms with Gasteiger partial charge < -0.3 is 5.32 Å². The number of alkyl halides is 2. The first kappa shape index (κ1) is 19.8. The van der Waals surface area contributed by atoms with Crippen molar-refractivity contribution < 1.29 is 9.59 Å². The minimum Gasteiger partial charge on any atom is -0.326 e. The van der Waals surface area contributed by atoms with Gasteiger partial charge in [-0.05, 0) is 56.9 Å². The molecule has 2 saturated carbocycles. The van der Waals surface area contributed by atoms with E-state index in [0.717, 1.165) is 67.2 Å². The lowest BCUT2D eigenvalue weighted by Crippen LogP contribution is -2.39. The van der Waals surface area contributed by atoms with E-state index in [0.29, 0.717) is 0 Å². The molecule has 6 heteroatoms. The number of nitrogens with one attached hydrogen (secondary N) is 1. The van der Waals surface area contributed by atoms with Gasteiger partial charge in [-0.2, -0.15) is 0 Å². The highest BCUT2D eigenvalue weighted by Gasteiger charge is 2.38. The molecule has 4 nitrogen and oxygen atoms in total. The maximum atomic E-state index is 13.3. The van der Waals surface area contributed by atoms with E-state index in [1.807, 2.05) is 31.2 Å². The monoisotopic (exact) mass is 420 g/mol. The van der Waals surface area contributed by atoms with Crippen LogP contribution in [-0.4, -0.2) is 27.1 Å². The third-order valence-electron chi connectivity index (χ3n) is 6.22. The van der Waals surface area contributed by atoms with Crippen LogP contribution in [-0.2, 0) is 4.79 Å². The number of aryl methyl sites for hydroxylation is 1. The van der Waals surface area contributed by atoms with Crippen molar-refractivity contribution in [1.82, 2.24) is 4.57 Å². The van der Waals surface area contributed by atoms with Crippen LogP contribution in [0.5, 0.6) is 0 Å². The standard InChI is InChI=1S/C22H26Cl2N2O2/c1-13-11-15-12-16(25-21(27)14-5-2-3-6-14)9-10-19(15)26(13)22(28)20-17(23)7-4-8-18(20)24/h9-12,14,17-18,20H,2-8H2,1H3,(H,25,27). The molecule has 0 radical (unpaired) electrons. The highest BCUT2D eigenvalue weighted by atomic mass is 35.5. The maximum absolute atomic E-state index is 13.3. The molecule has 0 bridgehead atoms. The molecule has 0 spiro atoms. The molecule has 1 amide bonds. The summed E-state index contributed by atoms with van der Waals surface area (Å²) in [5.41, 5.74) is 2.47. The van der Waals surface area contributed by atoms with Gasteiger partial charge in [0.05, 0.1) is 11.4 Å². The van der Waals surface area contributed by atoms with Gasteiger partial charge in [0.25, 0.3) is 0 Å². The summed E-state index contributed by atoms with van der Waals surface area (Å²) in [6.07, 6.45) is 6.80. The number of benzene rings is 1. The molecule has 1 heterocycles. The SMILES string of the molecule is Cc1cc2cc(NC(=O)C3CCCC3)ccc2n1C(=O)C1C(Cl)CCCC1Cl. The van der Waals surface area contributed by atoms with Crippen LogP contribution in [0.4, 0.5) is 5.69 Å². The van der Waals surface area contributed by atoms with Crippen LogP contribution in [0.3, 0.4) is 0 Å². The second-order valence-corrected chi connectivity index (χ2v) is 9.31. The molecule has 150 valence electrons. The number of fused-ring (bicyclic) bond motifs is 1. The van der Waals surface area contributed by atoms with Crippen molar-refractivity contribution in [2.24, 2.45) is 11.8 Å². The van der Waals surface area contributed by atoms with Gasteiger partial charge in [-0.3, -0.25) is 14.2 Å². The Kier molecular flexibility index (Phi) is 5.71. The molecule has 2 aliphatic rings. The van der Waals surface area contributed by atoms with Crippen molar-refractivity contribution in [2.75, 3.05) is 5.32 Å². The lowest BCUT2D eigenvalue weighted by atomic mass is 9.87. The first-order valence-corrected chi connectivity index (χ1v) is 11.1. The Morgan fingerprint density at radius 1 is 1.00 bits per heavy atom. The van der Waals surface area contributed by atoms with E-state index >= 15 is 0 Å². The van der Waals surface area contributed by atoms with E-state index in [4.69, 9.17) is 23.2 Å². The topological polar surface area (TPSA) is 51.1 Å². The molecule has 2 atom stereocenters. The van der Waals surface area contributed by atoms with Crippen molar-refractivity contribution in [2.45, 2.75) is 62.6 Å². The van der Waals surface area contributed by atoms with Crippen LogP contribution in [0.2, 0.25) is 0 Å². The maximum Gasteiger partial charge on any atom is 0.237 e. The van der Waals surface area contributed by atoms with Crippen LogP contribution in [0, 0.1) is 18.8 Å². The first-order valence-electron chi connectivity index (χ1n) is 10.2. The summed E-state index contributed by atoms with van der Waals surface area (Å²) in [5, 5.41) is 3.51. The molecule has 2 aromatic rings. The summed E-state index contributed by atoms with van der Waals surface area (Å²) in [6.45, 7) is 1.92. The molecule has 1 aromatic heterocycles. The Bertz CT molecular complexity index is 891. The number of hydrogen-bond acceptors (Lipinski definition) is 2. The Balaban J connectivity index is 1.60. The number of halogens is 2. The van der Waals surface area contributed by atoms with E-state index in [1.165, 1.54) is 0 Å². The zero-order valence-corrected chi connectivity index (χ0v) is 17.6. The Labute approximate surface area is 175 Å². The number of carbonyl (C=O) groups excluding carboxylic acids is 2.